The number of ether oxygens (including phenoxy) is 1. The lowest BCUT2D eigenvalue weighted by Crippen LogP contribution is -2.42. The molecule has 14 heavy (non-hydrogen) atoms. The van der Waals surface area contributed by atoms with Crippen molar-refractivity contribution in [1.82, 2.24) is 4.90 Å². The highest BCUT2D eigenvalue weighted by atomic mass is 16.6. The predicted octanol–water partition coefficient (Wildman–Crippen LogP) is 1.38. The second-order valence-corrected chi connectivity index (χ2v) is 3.71. The van der Waals surface area contributed by atoms with Gasteiger partial charge in [0.25, 0.3) is 0 Å². The number of piperidine rings is 1. The Hall–Kier alpha value is -0.770. The quantitative estimate of drug-likeness (QED) is 0.702. The molecule has 0 aromatic carbocycles. The van der Waals surface area contributed by atoms with Gasteiger partial charge in [-0.1, -0.05) is 13.3 Å². The van der Waals surface area contributed by atoms with E-state index in [2.05, 4.69) is 6.92 Å². The van der Waals surface area contributed by atoms with Gasteiger partial charge in [-0.25, -0.2) is 4.79 Å². The Morgan fingerprint density at radius 3 is 3.07 bits per heavy atom. The lowest BCUT2D eigenvalue weighted by Gasteiger charge is -2.29. The average Bonchev–Trinajstić information content (AvgIpc) is 2.18. The first-order valence-corrected chi connectivity index (χ1v) is 5.33. The van der Waals surface area contributed by atoms with Crippen molar-refractivity contribution in [3.63, 3.8) is 0 Å². The van der Waals surface area contributed by atoms with Gasteiger partial charge in [0.05, 0.1) is 12.7 Å². The molecule has 1 fully saturated rings. The molecule has 82 valence electrons. The molecular weight excluding hydrogens is 182 g/mol. The number of β-amino-alcohol motifs (C(OH)–C–C–N with tert-alkyl or cyclic N) is 1. The molecule has 0 spiro atoms. The van der Waals surface area contributed by atoms with E-state index in [1.807, 2.05) is 0 Å². The number of amides is 1. The van der Waals surface area contributed by atoms with Crippen molar-refractivity contribution in [3.05, 3.63) is 0 Å². The molecule has 4 nitrogen and oxygen atoms in total. The van der Waals surface area contributed by atoms with Crippen molar-refractivity contribution in [2.24, 2.45) is 0 Å². The van der Waals surface area contributed by atoms with Crippen molar-refractivity contribution >= 4 is 6.09 Å². The predicted molar refractivity (Wildman–Crippen MR) is 53.1 cm³/mol. The van der Waals surface area contributed by atoms with Crippen molar-refractivity contribution in [1.29, 1.82) is 0 Å². The lowest BCUT2D eigenvalue weighted by atomic mass is 10.1. The number of hydrogen-bond donors (Lipinski definition) is 1. The number of rotatable bonds is 3. The molecule has 1 N–H and O–H groups in total. The molecule has 1 amide bonds. The van der Waals surface area contributed by atoms with Crippen LogP contribution in [-0.2, 0) is 4.74 Å². The standard InChI is InChI=1S/C10H19NO3/c1-2-3-7-14-10(13)11-6-4-5-9(12)8-11/h9,12H,2-8H2,1H3/t9-/m0/s1. The maximum Gasteiger partial charge on any atom is 0.409 e. The summed E-state index contributed by atoms with van der Waals surface area (Å²) in [4.78, 5) is 13.0. The normalized spacial score (nSPS) is 22.1. The van der Waals surface area contributed by atoms with Crippen LogP contribution in [0, 0.1) is 0 Å². The van der Waals surface area contributed by atoms with E-state index in [4.69, 9.17) is 4.74 Å². The van der Waals surface area contributed by atoms with Gasteiger partial charge in [0.2, 0.25) is 0 Å². The van der Waals surface area contributed by atoms with E-state index >= 15 is 0 Å². The zero-order valence-corrected chi connectivity index (χ0v) is 8.74. The number of aliphatic hydroxyl groups excluding tert-OH is 1. The molecule has 1 saturated heterocycles. The van der Waals surface area contributed by atoms with E-state index in [0.29, 0.717) is 19.7 Å². The van der Waals surface area contributed by atoms with Crippen LogP contribution in [0.1, 0.15) is 32.6 Å². The molecule has 1 heterocycles. The summed E-state index contributed by atoms with van der Waals surface area (Å²) in [5.74, 6) is 0. The Morgan fingerprint density at radius 1 is 1.64 bits per heavy atom. The Bertz CT molecular complexity index is 184. The summed E-state index contributed by atoms with van der Waals surface area (Å²) in [6.07, 6.45) is 2.93. The van der Waals surface area contributed by atoms with Crippen LogP contribution in [0.5, 0.6) is 0 Å². The maximum absolute atomic E-state index is 11.4. The van der Waals surface area contributed by atoms with Gasteiger partial charge in [-0.3, -0.25) is 0 Å². The number of unbranched alkanes of at least 4 members (excludes halogenated alkanes) is 1. The third kappa shape index (κ3) is 3.54. The molecule has 1 rings (SSSR count). The van der Waals surface area contributed by atoms with Gasteiger partial charge in [0.15, 0.2) is 0 Å². The SMILES string of the molecule is CCCCOC(=O)N1CCC[C@H](O)C1. The van der Waals surface area contributed by atoms with E-state index in [1.165, 1.54) is 0 Å². The van der Waals surface area contributed by atoms with Crippen LogP contribution in [-0.4, -0.2) is 41.9 Å². The van der Waals surface area contributed by atoms with Gasteiger partial charge >= 0.3 is 6.09 Å². The van der Waals surface area contributed by atoms with E-state index in [1.54, 1.807) is 4.90 Å². The average molecular weight is 201 g/mol. The summed E-state index contributed by atoms with van der Waals surface area (Å²) in [7, 11) is 0. The Balaban J connectivity index is 2.22. The monoisotopic (exact) mass is 201 g/mol. The molecule has 0 radical (unpaired) electrons. The number of carbonyl (C=O) groups excluding carboxylic acids is 1. The van der Waals surface area contributed by atoms with Crippen LogP contribution in [0.2, 0.25) is 0 Å². The summed E-state index contributed by atoms with van der Waals surface area (Å²) in [6.45, 7) is 3.67. The molecule has 1 aliphatic heterocycles. The number of aliphatic hydroxyl groups is 1. The maximum atomic E-state index is 11.4. The minimum Gasteiger partial charge on any atom is -0.449 e. The summed E-state index contributed by atoms with van der Waals surface area (Å²) in [5, 5.41) is 9.35. The van der Waals surface area contributed by atoms with Crippen LogP contribution in [0.4, 0.5) is 4.79 Å². The minimum atomic E-state index is -0.373. The van der Waals surface area contributed by atoms with Crippen LogP contribution >= 0.6 is 0 Å². The second kappa shape index (κ2) is 5.86. The third-order valence-electron chi connectivity index (χ3n) is 2.38. The fraction of sp³-hybridized carbons (Fsp3) is 0.900. The molecule has 0 aliphatic carbocycles. The van der Waals surface area contributed by atoms with E-state index in [0.717, 1.165) is 25.7 Å². The van der Waals surface area contributed by atoms with Crippen LogP contribution in [0.25, 0.3) is 0 Å². The van der Waals surface area contributed by atoms with Gasteiger partial charge in [0, 0.05) is 13.1 Å². The molecule has 0 aromatic rings. The first kappa shape index (κ1) is 11.3. The molecular formula is C10H19NO3. The molecule has 0 saturated carbocycles. The second-order valence-electron chi connectivity index (χ2n) is 3.71. The number of nitrogens with zero attached hydrogens (tertiary/aromatic N) is 1. The zero-order valence-electron chi connectivity index (χ0n) is 8.74. The highest BCUT2D eigenvalue weighted by Crippen LogP contribution is 2.10. The van der Waals surface area contributed by atoms with Gasteiger partial charge in [-0.15, -0.1) is 0 Å². The van der Waals surface area contributed by atoms with Crippen molar-refractivity contribution in [2.45, 2.75) is 38.7 Å². The van der Waals surface area contributed by atoms with Crippen LogP contribution in [0.15, 0.2) is 0 Å². The van der Waals surface area contributed by atoms with Crippen LogP contribution in [0.3, 0.4) is 0 Å². The first-order valence-electron chi connectivity index (χ1n) is 5.33. The van der Waals surface area contributed by atoms with Gasteiger partial charge in [0.1, 0.15) is 0 Å². The van der Waals surface area contributed by atoms with E-state index < -0.39 is 0 Å². The summed E-state index contributed by atoms with van der Waals surface area (Å²) >= 11 is 0. The number of hydrogen-bond acceptors (Lipinski definition) is 3. The van der Waals surface area contributed by atoms with Gasteiger partial charge < -0.3 is 14.7 Å². The summed E-state index contributed by atoms with van der Waals surface area (Å²) < 4.78 is 5.05. The summed E-state index contributed by atoms with van der Waals surface area (Å²) in [6, 6.07) is 0. The smallest absolute Gasteiger partial charge is 0.409 e. The lowest BCUT2D eigenvalue weighted by molar-refractivity contribution is 0.0486. The first-order chi connectivity index (χ1) is 6.74. The van der Waals surface area contributed by atoms with Crippen molar-refractivity contribution < 1.29 is 14.6 Å². The molecule has 4 heteroatoms. The fourth-order valence-electron chi connectivity index (χ4n) is 1.52. The largest absolute Gasteiger partial charge is 0.449 e. The molecule has 0 aromatic heterocycles. The van der Waals surface area contributed by atoms with Crippen molar-refractivity contribution in [3.8, 4) is 0 Å². The molecule has 1 atom stereocenters. The highest BCUT2D eigenvalue weighted by molar-refractivity contribution is 5.67. The molecule has 0 unspecified atom stereocenters. The Morgan fingerprint density at radius 2 is 2.43 bits per heavy atom. The van der Waals surface area contributed by atoms with E-state index in [-0.39, 0.29) is 12.2 Å². The Kier molecular flexibility index (Phi) is 4.73. The van der Waals surface area contributed by atoms with Gasteiger partial charge in [-0.2, -0.15) is 0 Å². The molecule has 0 bridgehead atoms. The zero-order chi connectivity index (χ0) is 10.4. The number of likely N-dealkylation sites (tertiary alicyclic amines) is 1. The minimum absolute atomic E-state index is 0.280. The topological polar surface area (TPSA) is 49.8 Å². The van der Waals surface area contributed by atoms with Crippen LogP contribution < -0.4 is 0 Å². The number of carbonyl (C=O) groups is 1. The third-order valence-corrected chi connectivity index (χ3v) is 2.38. The molecule has 1 aliphatic rings. The van der Waals surface area contributed by atoms with Gasteiger partial charge in [-0.05, 0) is 19.3 Å². The Labute approximate surface area is 84.8 Å². The van der Waals surface area contributed by atoms with Crippen molar-refractivity contribution in [2.75, 3.05) is 19.7 Å². The summed E-state index contributed by atoms with van der Waals surface area (Å²) in [5.41, 5.74) is 0. The van der Waals surface area contributed by atoms with E-state index in [9.17, 15) is 9.90 Å². The highest BCUT2D eigenvalue weighted by Gasteiger charge is 2.22. The fourth-order valence-corrected chi connectivity index (χ4v) is 1.52.